The quantitative estimate of drug-likeness (QED) is 0.219. The van der Waals surface area contributed by atoms with Crippen molar-refractivity contribution in [3.05, 3.63) is 0 Å². The first-order valence-electron chi connectivity index (χ1n) is 9.40. The van der Waals surface area contributed by atoms with E-state index in [2.05, 4.69) is 15.6 Å². The number of aliphatic imine (C=N–C) groups is 1. The van der Waals surface area contributed by atoms with Crippen molar-refractivity contribution in [2.24, 2.45) is 4.99 Å². The fourth-order valence-electron chi connectivity index (χ4n) is 2.37. The molecule has 1 unspecified atom stereocenters. The highest BCUT2D eigenvalue weighted by atomic mass is 127. The van der Waals surface area contributed by atoms with Crippen LogP contribution < -0.4 is 10.6 Å². The molecule has 2 N–H and O–H groups in total. The van der Waals surface area contributed by atoms with E-state index in [0.717, 1.165) is 32.4 Å². The van der Waals surface area contributed by atoms with Gasteiger partial charge in [0.25, 0.3) is 0 Å². The fraction of sp³-hybridized carbons (Fsp3) is 0.889. The van der Waals surface area contributed by atoms with E-state index in [1.807, 2.05) is 20.8 Å². The average molecular weight is 500 g/mol. The van der Waals surface area contributed by atoms with Gasteiger partial charge in [0.15, 0.2) is 5.96 Å². The van der Waals surface area contributed by atoms with Crippen LogP contribution in [0.15, 0.2) is 4.99 Å². The van der Waals surface area contributed by atoms with Gasteiger partial charge in [0.2, 0.25) is 0 Å². The third kappa shape index (κ3) is 13.1. The minimum absolute atomic E-state index is 0. The molecule has 0 aromatic rings. The van der Waals surface area contributed by atoms with Crippen LogP contribution in [-0.4, -0.2) is 82.2 Å². The van der Waals surface area contributed by atoms with Crippen molar-refractivity contribution < 1.29 is 19.0 Å². The predicted octanol–water partition coefficient (Wildman–Crippen LogP) is 2.22. The molecule has 0 aliphatic carbocycles. The van der Waals surface area contributed by atoms with Crippen LogP contribution in [0.1, 0.15) is 40.0 Å². The van der Waals surface area contributed by atoms with Crippen LogP contribution in [0.3, 0.4) is 0 Å². The second kappa shape index (κ2) is 14.2. The Morgan fingerprint density at radius 2 is 2.00 bits per heavy atom. The SMILES string of the molecule is CN=C(NCCCOCC1CCCO1)NCCN(C)C(=O)OC(C)(C)C.I. The number of hydrogen-bond donors (Lipinski definition) is 2. The number of rotatable bonds is 9. The van der Waals surface area contributed by atoms with Crippen LogP contribution in [0.2, 0.25) is 0 Å². The summed E-state index contributed by atoms with van der Waals surface area (Å²) in [5, 5.41) is 6.41. The number of halogens is 1. The van der Waals surface area contributed by atoms with Crippen molar-refractivity contribution in [2.75, 3.05) is 53.6 Å². The normalized spacial score (nSPS) is 17.2. The van der Waals surface area contributed by atoms with Gasteiger partial charge in [0, 0.05) is 46.9 Å². The maximum Gasteiger partial charge on any atom is 0.410 e. The van der Waals surface area contributed by atoms with Crippen LogP contribution in [0.25, 0.3) is 0 Å². The molecule has 1 rings (SSSR count). The van der Waals surface area contributed by atoms with E-state index < -0.39 is 5.60 Å². The lowest BCUT2D eigenvalue weighted by Gasteiger charge is -2.24. The molecule has 1 aliphatic rings. The van der Waals surface area contributed by atoms with Gasteiger partial charge >= 0.3 is 6.09 Å². The van der Waals surface area contributed by atoms with E-state index in [-0.39, 0.29) is 36.2 Å². The van der Waals surface area contributed by atoms with Crippen molar-refractivity contribution in [3.63, 3.8) is 0 Å². The van der Waals surface area contributed by atoms with E-state index in [1.165, 1.54) is 0 Å². The van der Waals surface area contributed by atoms with Crippen molar-refractivity contribution in [1.29, 1.82) is 0 Å². The average Bonchev–Trinajstić information content (AvgIpc) is 3.07. The van der Waals surface area contributed by atoms with Crippen molar-refractivity contribution in [3.8, 4) is 0 Å². The number of nitrogens with one attached hydrogen (secondary N) is 2. The summed E-state index contributed by atoms with van der Waals surface area (Å²) in [7, 11) is 3.44. The molecule has 0 aromatic heterocycles. The molecule has 160 valence electrons. The van der Waals surface area contributed by atoms with E-state index in [9.17, 15) is 4.79 Å². The summed E-state index contributed by atoms with van der Waals surface area (Å²) in [6, 6.07) is 0. The summed E-state index contributed by atoms with van der Waals surface area (Å²) in [4.78, 5) is 17.6. The lowest BCUT2D eigenvalue weighted by molar-refractivity contribution is 0.0168. The highest BCUT2D eigenvalue weighted by molar-refractivity contribution is 14.0. The Kier molecular flexibility index (Phi) is 13.8. The van der Waals surface area contributed by atoms with Crippen molar-refractivity contribution in [1.82, 2.24) is 15.5 Å². The Morgan fingerprint density at radius 3 is 2.59 bits per heavy atom. The molecule has 1 atom stereocenters. The summed E-state index contributed by atoms with van der Waals surface area (Å²) in [6.07, 6.45) is 3.09. The van der Waals surface area contributed by atoms with E-state index >= 15 is 0 Å². The number of likely N-dealkylation sites (N-methyl/N-ethyl adjacent to an activating group) is 1. The monoisotopic (exact) mass is 500 g/mol. The van der Waals surface area contributed by atoms with Crippen LogP contribution in [0.5, 0.6) is 0 Å². The number of carbonyl (C=O) groups excluding carboxylic acids is 1. The number of amides is 1. The zero-order chi connectivity index (χ0) is 19.4. The fourth-order valence-corrected chi connectivity index (χ4v) is 2.37. The van der Waals surface area contributed by atoms with Gasteiger partial charge in [-0.3, -0.25) is 4.99 Å². The van der Waals surface area contributed by atoms with Gasteiger partial charge in [-0.25, -0.2) is 4.79 Å². The minimum Gasteiger partial charge on any atom is -0.444 e. The van der Waals surface area contributed by atoms with E-state index in [0.29, 0.717) is 32.3 Å². The van der Waals surface area contributed by atoms with Gasteiger partial charge in [0.05, 0.1) is 12.7 Å². The number of carbonyl (C=O) groups is 1. The van der Waals surface area contributed by atoms with Gasteiger partial charge in [0.1, 0.15) is 5.60 Å². The Labute approximate surface area is 180 Å². The third-order valence-electron chi connectivity index (χ3n) is 3.75. The number of ether oxygens (including phenoxy) is 3. The van der Waals surface area contributed by atoms with Gasteiger partial charge in [-0.05, 0) is 40.0 Å². The topological polar surface area (TPSA) is 84.4 Å². The van der Waals surface area contributed by atoms with Gasteiger partial charge in [-0.1, -0.05) is 0 Å². The molecule has 0 spiro atoms. The van der Waals surface area contributed by atoms with Crippen molar-refractivity contribution >= 4 is 36.0 Å². The lowest BCUT2D eigenvalue weighted by atomic mass is 10.2. The first-order valence-corrected chi connectivity index (χ1v) is 9.40. The molecule has 0 aromatic carbocycles. The first kappa shape index (κ1) is 26.2. The van der Waals surface area contributed by atoms with Crippen LogP contribution in [0, 0.1) is 0 Å². The van der Waals surface area contributed by atoms with Gasteiger partial charge in [-0.2, -0.15) is 0 Å². The number of guanidine groups is 1. The Balaban J connectivity index is 0.00000676. The highest BCUT2D eigenvalue weighted by Crippen LogP contribution is 2.11. The molecular formula is C18H37IN4O4. The van der Waals surface area contributed by atoms with Gasteiger partial charge in [-0.15, -0.1) is 24.0 Å². The second-order valence-corrected chi connectivity index (χ2v) is 7.39. The van der Waals surface area contributed by atoms with Gasteiger partial charge < -0.3 is 29.7 Å². The molecule has 1 saturated heterocycles. The minimum atomic E-state index is -0.484. The second-order valence-electron chi connectivity index (χ2n) is 7.39. The Bertz CT molecular complexity index is 438. The molecule has 1 heterocycles. The molecule has 27 heavy (non-hydrogen) atoms. The Morgan fingerprint density at radius 1 is 1.30 bits per heavy atom. The zero-order valence-electron chi connectivity index (χ0n) is 17.4. The molecular weight excluding hydrogens is 463 g/mol. The standard InChI is InChI=1S/C18H36N4O4.HI/c1-18(2,3)26-17(23)22(5)11-10-21-16(19-4)20-9-7-12-24-14-15-8-6-13-25-15;/h15H,6-14H2,1-5H3,(H2,19,20,21);1H. The third-order valence-corrected chi connectivity index (χ3v) is 3.75. The number of hydrogen-bond acceptors (Lipinski definition) is 5. The van der Waals surface area contributed by atoms with Crippen molar-refractivity contribution in [2.45, 2.75) is 51.7 Å². The van der Waals surface area contributed by atoms with Crippen LogP contribution in [-0.2, 0) is 14.2 Å². The van der Waals surface area contributed by atoms with Crippen LogP contribution >= 0.6 is 24.0 Å². The summed E-state index contributed by atoms with van der Waals surface area (Å²) >= 11 is 0. The van der Waals surface area contributed by atoms with E-state index in [4.69, 9.17) is 14.2 Å². The number of nitrogens with zero attached hydrogens (tertiary/aromatic N) is 2. The maximum atomic E-state index is 11.9. The summed E-state index contributed by atoms with van der Waals surface area (Å²) in [5.41, 5.74) is -0.484. The highest BCUT2D eigenvalue weighted by Gasteiger charge is 2.19. The molecule has 0 radical (unpaired) electrons. The molecule has 8 nitrogen and oxygen atoms in total. The summed E-state index contributed by atoms with van der Waals surface area (Å²) in [5.74, 6) is 0.710. The van der Waals surface area contributed by atoms with Crippen LogP contribution in [0.4, 0.5) is 4.79 Å². The molecule has 0 bridgehead atoms. The van der Waals surface area contributed by atoms with E-state index in [1.54, 1.807) is 19.0 Å². The maximum absolute atomic E-state index is 11.9. The Hall–Kier alpha value is -0.810. The first-order chi connectivity index (χ1) is 12.3. The zero-order valence-corrected chi connectivity index (χ0v) is 19.7. The predicted molar refractivity (Wildman–Crippen MR) is 118 cm³/mol. The summed E-state index contributed by atoms with van der Waals surface area (Å²) in [6.45, 7) is 9.70. The largest absolute Gasteiger partial charge is 0.444 e. The molecule has 9 heteroatoms. The summed E-state index contributed by atoms with van der Waals surface area (Å²) < 4.78 is 16.5. The molecule has 0 saturated carbocycles. The smallest absolute Gasteiger partial charge is 0.410 e. The molecule has 1 aliphatic heterocycles. The lowest BCUT2D eigenvalue weighted by Crippen LogP contribution is -2.43. The molecule has 1 amide bonds. The molecule has 1 fully saturated rings.